The number of ether oxygens (including phenoxy) is 1. The molecule has 0 bridgehead atoms. The first-order valence-corrected chi connectivity index (χ1v) is 7.68. The van der Waals surface area contributed by atoms with Gasteiger partial charge in [0.05, 0.1) is 5.02 Å². The number of hydrogen-bond donors (Lipinski definition) is 0. The van der Waals surface area contributed by atoms with E-state index in [9.17, 15) is 4.79 Å². The third kappa shape index (κ3) is 4.19. The number of carbonyl (C=O) groups is 1. The fourth-order valence-electron chi connectivity index (χ4n) is 1.45. The first-order chi connectivity index (χ1) is 9.06. The lowest BCUT2D eigenvalue weighted by Gasteiger charge is -2.08. The fourth-order valence-corrected chi connectivity index (χ4v) is 2.32. The van der Waals surface area contributed by atoms with Gasteiger partial charge in [-0.3, -0.25) is 4.79 Å². The number of rotatable bonds is 4. The van der Waals surface area contributed by atoms with E-state index in [-0.39, 0.29) is 12.4 Å². The maximum absolute atomic E-state index is 11.9. The van der Waals surface area contributed by atoms with Gasteiger partial charge >= 0.3 is 0 Å². The summed E-state index contributed by atoms with van der Waals surface area (Å²) < 4.78 is 7.39. The third-order valence-electron chi connectivity index (χ3n) is 2.42. The Bertz CT molecular complexity index is 599. The van der Waals surface area contributed by atoms with Gasteiger partial charge in [0.15, 0.2) is 12.4 Å². The van der Waals surface area contributed by atoms with Crippen molar-refractivity contribution in [2.75, 3.05) is 6.61 Å². The maximum Gasteiger partial charge on any atom is 0.200 e. The molecule has 5 heteroatoms. The topological polar surface area (TPSA) is 26.3 Å². The summed E-state index contributed by atoms with van der Waals surface area (Å²) in [5, 5.41) is 0.485. The highest BCUT2D eigenvalue weighted by atomic mass is 127. The average molecular weight is 451 g/mol. The van der Waals surface area contributed by atoms with Crippen LogP contribution in [-0.4, -0.2) is 12.4 Å². The van der Waals surface area contributed by atoms with E-state index in [2.05, 4.69) is 38.5 Å². The molecule has 0 amide bonds. The Morgan fingerprint density at radius 3 is 2.58 bits per heavy atom. The second-order valence-electron chi connectivity index (χ2n) is 3.79. The first-order valence-electron chi connectivity index (χ1n) is 5.43. The molecule has 0 unspecified atom stereocenters. The molecule has 2 aromatic carbocycles. The number of Topliss-reactive ketones (excluding diaryl/α,β-unsaturated/α-hetero) is 1. The van der Waals surface area contributed by atoms with Gasteiger partial charge in [-0.15, -0.1) is 0 Å². The summed E-state index contributed by atoms with van der Waals surface area (Å²) in [5.74, 6) is 0.419. The lowest BCUT2D eigenvalue weighted by Crippen LogP contribution is -2.11. The molecule has 0 heterocycles. The van der Waals surface area contributed by atoms with Gasteiger partial charge in [0, 0.05) is 13.6 Å². The largest absolute Gasteiger partial charge is 0.484 e. The number of benzene rings is 2. The van der Waals surface area contributed by atoms with Crippen LogP contribution >= 0.6 is 50.1 Å². The van der Waals surface area contributed by atoms with Crippen LogP contribution in [0.2, 0.25) is 5.02 Å². The van der Waals surface area contributed by atoms with Gasteiger partial charge < -0.3 is 4.74 Å². The van der Waals surface area contributed by atoms with Crippen molar-refractivity contribution in [1.82, 2.24) is 0 Å². The standard InChI is InChI=1S/C14H9BrClIO2/c15-10-3-6-12(16)14(7-10)19-8-13(18)9-1-4-11(17)5-2-9/h1-7H,8H2. The van der Waals surface area contributed by atoms with Crippen LogP contribution in [-0.2, 0) is 0 Å². The van der Waals surface area contributed by atoms with E-state index in [1.807, 2.05) is 18.2 Å². The van der Waals surface area contributed by atoms with Crippen LogP contribution in [0.5, 0.6) is 5.75 Å². The molecule has 0 aromatic heterocycles. The number of ketones is 1. The first kappa shape index (κ1) is 14.8. The molecule has 0 N–H and O–H groups in total. The minimum atomic E-state index is -0.0764. The minimum Gasteiger partial charge on any atom is -0.484 e. The van der Waals surface area contributed by atoms with Crippen LogP contribution in [0.4, 0.5) is 0 Å². The van der Waals surface area contributed by atoms with Crippen LogP contribution in [0.1, 0.15) is 10.4 Å². The Kier molecular flexibility index (Phi) is 5.24. The molecule has 2 aromatic rings. The molecule has 19 heavy (non-hydrogen) atoms. The minimum absolute atomic E-state index is 0.0310. The van der Waals surface area contributed by atoms with E-state index in [1.54, 1.807) is 24.3 Å². The Hall–Kier alpha value is -0.590. The SMILES string of the molecule is O=C(COc1cc(Br)ccc1Cl)c1ccc(I)cc1. The van der Waals surface area contributed by atoms with E-state index in [0.717, 1.165) is 8.04 Å². The van der Waals surface area contributed by atoms with Gasteiger partial charge in [-0.25, -0.2) is 0 Å². The summed E-state index contributed by atoms with van der Waals surface area (Å²) in [6.45, 7) is -0.0310. The van der Waals surface area contributed by atoms with Crippen molar-refractivity contribution in [2.45, 2.75) is 0 Å². The molecule has 0 aliphatic rings. The van der Waals surface area contributed by atoms with Gasteiger partial charge in [0.2, 0.25) is 0 Å². The van der Waals surface area contributed by atoms with Crippen molar-refractivity contribution >= 4 is 55.9 Å². The second kappa shape index (κ2) is 6.72. The van der Waals surface area contributed by atoms with Crippen molar-refractivity contribution in [3.63, 3.8) is 0 Å². The lowest BCUT2D eigenvalue weighted by atomic mass is 10.1. The van der Waals surface area contributed by atoms with Crippen LogP contribution in [0.25, 0.3) is 0 Å². The monoisotopic (exact) mass is 450 g/mol. The lowest BCUT2D eigenvalue weighted by molar-refractivity contribution is 0.0921. The number of hydrogen-bond acceptors (Lipinski definition) is 2. The van der Waals surface area contributed by atoms with Crippen molar-refractivity contribution in [1.29, 1.82) is 0 Å². The van der Waals surface area contributed by atoms with E-state index < -0.39 is 0 Å². The number of carbonyl (C=O) groups excluding carboxylic acids is 1. The van der Waals surface area contributed by atoms with Gasteiger partial charge in [-0.05, 0) is 52.9 Å². The Morgan fingerprint density at radius 2 is 1.89 bits per heavy atom. The molecule has 0 atom stereocenters. The predicted molar refractivity (Wildman–Crippen MR) is 88.1 cm³/mol. The zero-order valence-corrected chi connectivity index (χ0v) is 14.2. The molecule has 2 nitrogen and oxygen atoms in total. The van der Waals surface area contributed by atoms with E-state index in [1.165, 1.54) is 0 Å². The maximum atomic E-state index is 11.9. The Morgan fingerprint density at radius 1 is 1.21 bits per heavy atom. The van der Waals surface area contributed by atoms with E-state index in [4.69, 9.17) is 16.3 Å². The molecule has 0 radical (unpaired) electrons. The van der Waals surface area contributed by atoms with Crippen molar-refractivity contribution in [3.05, 3.63) is 61.1 Å². The highest BCUT2D eigenvalue weighted by molar-refractivity contribution is 14.1. The summed E-state index contributed by atoms with van der Waals surface area (Å²) in [5.41, 5.74) is 0.631. The van der Waals surface area contributed by atoms with Crippen LogP contribution < -0.4 is 4.74 Å². The molecule has 98 valence electrons. The molecule has 2 rings (SSSR count). The Labute approximate surface area is 138 Å². The normalized spacial score (nSPS) is 10.3. The van der Waals surface area contributed by atoms with E-state index in [0.29, 0.717) is 16.3 Å². The molecule has 0 fully saturated rings. The Balaban J connectivity index is 2.04. The molecule has 0 aliphatic heterocycles. The van der Waals surface area contributed by atoms with Crippen molar-refractivity contribution in [3.8, 4) is 5.75 Å². The second-order valence-corrected chi connectivity index (χ2v) is 6.36. The predicted octanol–water partition coefficient (Wildman–Crippen LogP) is 4.97. The number of halogens is 3. The van der Waals surface area contributed by atoms with Gasteiger partial charge in [0.1, 0.15) is 5.75 Å². The van der Waals surface area contributed by atoms with E-state index >= 15 is 0 Å². The summed E-state index contributed by atoms with van der Waals surface area (Å²) in [6, 6.07) is 12.6. The highest BCUT2D eigenvalue weighted by Crippen LogP contribution is 2.28. The highest BCUT2D eigenvalue weighted by Gasteiger charge is 2.09. The summed E-state index contributed by atoms with van der Waals surface area (Å²) >= 11 is 11.5. The van der Waals surface area contributed by atoms with Gasteiger partial charge in [-0.2, -0.15) is 0 Å². The summed E-state index contributed by atoms with van der Waals surface area (Å²) in [4.78, 5) is 11.9. The van der Waals surface area contributed by atoms with Gasteiger partial charge in [-0.1, -0.05) is 39.7 Å². The molecule has 0 spiro atoms. The van der Waals surface area contributed by atoms with Crippen molar-refractivity contribution < 1.29 is 9.53 Å². The molecule has 0 saturated heterocycles. The molecular weight excluding hydrogens is 442 g/mol. The average Bonchev–Trinajstić information content (AvgIpc) is 2.40. The molecule has 0 saturated carbocycles. The summed E-state index contributed by atoms with van der Waals surface area (Å²) in [6.07, 6.45) is 0. The smallest absolute Gasteiger partial charge is 0.200 e. The third-order valence-corrected chi connectivity index (χ3v) is 3.94. The zero-order chi connectivity index (χ0) is 13.8. The van der Waals surface area contributed by atoms with Crippen LogP contribution in [0.3, 0.4) is 0 Å². The summed E-state index contributed by atoms with van der Waals surface area (Å²) in [7, 11) is 0. The van der Waals surface area contributed by atoms with Crippen molar-refractivity contribution in [2.24, 2.45) is 0 Å². The quantitative estimate of drug-likeness (QED) is 0.485. The van der Waals surface area contributed by atoms with Crippen LogP contribution in [0.15, 0.2) is 46.9 Å². The van der Waals surface area contributed by atoms with Crippen LogP contribution in [0, 0.1) is 3.57 Å². The molecular formula is C14H9BrClIO2. The molecule has 0 aliphatic carbocycles. The van der Waals surface area contributed by atoms with Gasteiger partial charge in [0.25, 0.3) is 0 Å². The zero-order valence-electron chi connectivity index (χ0n) is 9.70. The fraction of sp³-hybridized carbons (Fsp3) is 0.0714.